The minimum atomic E-state index is -1.04. The van der Waals surface area contributed by atoms with Crippen molar-refractivity contribution >= 4 is 11.6 Å². The molecule has 1 aromatic heterocycles. The van der Waals surface area contributed by atoms with Crippen LogP contribution in [0, 0.1) is 0 Å². The Morgan fingerprint density at radius 2 is 2.14 bits per heavy atom. The Balaban J connectivity index is 2.34. The third-order valence-electron chi connectivity index (χ3n) is 3.71. The van der Waals surface area contributed by atoms with Gasteiger partial charge in [-0.2, -0.15) is 5.10 Å². The number of aromatic nitrogens is 2. The zero-order chi connectivity index (χ0) is 15.6. The summed E-state index contributed by atoms with van der Waals surface area (Å²) in [5.41, 5.74) is 1.44. The molecular weight excluding hydrogens is 288 g/mol. The smallest absolute Gasteiger partial charge is 0.119 e. The molecule has 1 atom stereocenters. The fourth-order valence-electron chi connectivity index (χ4n) is 2.40. The second-order valence-electron chi connectivity index (χ2n) is 5.37. The summed E-state index contributed by atoms with van der Waals surface area (Å²) in [6, 6.07) is 7.44. The van der Waals surface area contributed by atoms with Crippen LogP contribution in [-0.4, -0.2) is 22.0 Å². The molecule has 5 heteroatoms. The Morgan fingerprint density at radius 1 is 1.43 bits per heavy atom. The van der Waals surface area contributed by atoms with Crippen molar-refractivity contribution < 1.29 is 9.84 Å². The number of methoxy groups -OCH3 is 1. The second-order valence-corrected chi connectivity index (χ2v) is 5.75. The van der Waals surface area contributed by atoms with E-state index in [1.807, 2.05) is 38.2 Å². The molecule has 4 nitrogen and oxygen atoms in total. The van der Waals surface area contributed by atoms with Crippen LogP contribution in [0.1, 0.15) is 30.8 Å². The van der Waals surface area contributed by atoms with Crippen LogP contribution in [0.4, 0.5) is 0 Å². The minimum Gasteiger partial charge on any atom is -0.497 e. The lowest BCUT2D eigenvalue weighted by Crippen LogP contribution is -2.25. The van der Waals surface area contributed by atoms with Gasteiger partial charge in [-0.15, -0.1) is 0 Å². The van der Waals surface area contributed by atoms with Gasteiger partial charge in [-0.25, -0.2) is 0 Å². The first kappa shape index (κ1) is 15.9. The van der Waals surface area contributed by atoms with E-state index in [-0.39, 0.29) is 0 Å². The molecule has 0 saturated carbocycles. The maximum Gasteiger partial charge on any atom is 0.119 e. The first-order valence-electron chi connectivity index (χ1n) is 6.96. The van der Waals surface area contributed by atoms with Gasteiger partial charge < -0.3 is 9.84 Å². The summed E-state index contributed by atoms with van der Waals surface area (Å²) in [6.07, 6.45) is 1.16. The predicted molar refractivity (Wildman–Crippen MR) is 83.9 cm³/mol. The standard InChI is InChI=1S/C16H21ClN2O2/c1-5-13-15(17)14(19(3)18-13)10-16(2,20)11-7-6-8-12(9-11)21-4/h6-9,20H,5,10H2,1-4H3. The average molecular weight is 309 g/mol. The van der Waals surface area contributed by atoms with E-state index in [1.54, 1.807) is 18.7 Å². The molecule has 2 aromatic rings. The van der Waals surface area contributed by atoms with Gasteiger partial charge in [0.2, 0.25) is 0 Å². The van der Waals surface area contributed by atoms with E-state index in [0.717, 1.165) is 29.1 Å². The molecule has 1 N–H and O–H groups in total. The molecule has 0 aliphatic heterocycles. The van der Waals surface area contributed by atoms with Crippen LogP contribution in [0.25, 0.3) is 0 Å². The quantitative estimate of drug-likeness (QED) is 0.923. The molecule has 0 aliphatic rings. The molecular formula is C16H21ClN2O2. The van der Waals surface area contributed by atoms with Gasteiger partial charge in [0.15, 0.2) is 0 Å². The molecule has 1 heterocycles. The highest BCUT2D eigenvalue weighted by Gasteiger charge is 2.28. The fraction of sp³-hybridized carbons (Fsp3) is 0.438. The van der Waals surface area contributed by atoms with E-state index in [0.29, 0.717) is 11.4 Å². The van der Waals surface area contributed by atoms with Crippen molar-refractivity contribution in [1.82, 2.24) is 9.78 Å². The monoisotopic (exact) mass is 308 g/mol. The summed E-state index contributed by atoms with van der Waals surface area (Å²) in [7, 11) is 3.46. The van der Waals surface area contributed by atoms with E-state index in [1.165, 1.54) is 0 Å². The summed E-state index contributed by atoms with van der Waals surface area (Å²) in [5.74, 6) is 0.720. The first-order chi connectivity index (χ1) is 9.89. The number of ether oxygens (including phenoxy) is 1. The summed E-state index contributed by atoms with van der Waals surface area (Å²) >= 11 is 6.36. The van der Waals surface area contributed by atoms with Crippen LogP contribution in [0.5, 0.6) is 5.75 Å². The molecule has 2 rings (SSSR count). The van der Waals surface area contributed by atoms with Crippen LogP contribution < -0.4 is 4.74 Å². The Hall–Kier alpha value is -1.52. The van der Waals surface area contributed by atoms with Gasteiger partial charge >= 0.3 is 0 Å². The summed E-state index contributed by atoms with van der Waals surface area (Å²) in [6.45, 7) is 3.79. The Labute approximate surface area is 130 Å². The topological polar surface area (TPSA) is 47.3 Å². The Kier molecular flexibility index (Phi) is 4.59. The number of aryl methyl sites for hydroxylation is 2. The highest BCUT2D eigenvalue weighted by atomic mass is 35.5. The third-order valence-corrected chi connectivity index (χ3v) is 4.14. The largest absolute Gasteiger partial charge is 0.497 e. The summed E-state index contributed by atoms with van der Waals surface area (Å²) in [4.78, 5) is 0. The number of hydrogen-bond acceptors (Lipinski definition) is 3. The van der Waals surface area contributed by atoms with Crippen LogP contribution in [-0.2, 0) is 25.5 Å². The second kappa shape index (κ2) is 6.08. The third kappa shape index (κ3) is 3.22. The van der Waals surface area contributed by atoms with Gasteiger partial charge in [-0.1, -0.05) is 30.7 Å². The van der Waals surface area contributed by atoms with Gasteiger partial charge in [0.05, 0.1) is 29.1 Å². The van der Waals surface area contributed by atoms with Crippen molar-refractivity contribution in [2.75, 3.05) is 7.11 Å². The van der Waals surface area contributed by atoms with Gasteiger partial charge in [-0.3, -0.25) is 4.68 Å². The normalized spacial score (nSPS) is 14.0. The van der Waals surface area contributed by atoms with E-state index in [9.17, 15) is 5.11 Å². The lowest BCUT2D eigenvalue weighted by atomic mass is 9.90. The molecule has 1 unspecified atom stereocenters. The van der Waals surface area contributed by atoms with Crippen molar-refractivity contribution in [3.8, 4) is 5.75 Å². The van der Waals surface area contributed by atoms with E-state index in [2.05, 4.69) is 5.10 Å². The maximum absolute atomic E-state index is 10.8. The SMILES string of the molecule is CCc1nn(C)c(CC(C)(O)c2cccc(OC)c2)c1Cl. The molecule has 0 aliphatic carbocycles. The first-order valence-corrected chi connectivity index (χ1v) is 7.34. The van der Waals surface area contributed by atoms with Gasteiger partial charge in [0.25, 0.3) is 0 Å². The molecule has 21 heavy (non-hydrogen) atoms. The fourth-order valence-corrected chi connectivity index (χ4v) is 2.76. The molecule has 114 valence electrons. The Bertz CT molecular complexity index is 635. The molecule has 0 radical (unpaired) electrons. The summed E-state index contributed by atoms with van der Waals surface area (Å²) in [5, 5.41) is 15.9. The lowest BCUT2D eigenvalue weighted by molar-refractivity contribution is 0.0554. The maximum atomic E-state index is 10.8. The highest BCUT2D eigenvalue weighted by Crippen LogP contribution is 2.31. The summed E-state index contributed by atoms with van der Waals surface area (Å²) < 4.78 is 6.96. The van der Waals surface area contributed by atoms with E-state index in [4.69, 9.17) is 16.3 Å². The lowest BCUT2D eigenvalue weighted by Gasteiger charge is -2.24. The molecule has 0 spiro atoms. The van der Waals surface area contributed by atoms with Crippen LogP contribution >= 0.6 is 11.6 Å². The average Bonchev–Trinajstić information content (AvgIpc) is 2.74. The van der Waals surface area contributed by atoms with Crippen LogP contribution in [0.15, 0.2) is 24.3 Å². The van der Waals surface area contributed by atoms with Gasteiger partial charge in [0, 0.05) is 13.5 Å². The number of benzene rings is 1. The predicted octanol–water partition coefficient (Wildman–Crippen LogP) is 3.09. The van der Waals surface area contributed by atoms with Crippen molar-refractivity contribution in [3.05, 3.63) is 46.2 Å². The number of hydrogen-bond donors (Lipinski definition) is 1. The van der Waals surface area contributed by atoms with Gasteiger partial charge in [0.1, 0.15) is 5.75 Å². The van der Waals surface area contributed by atoms with Crippen LogP contribution in [0.2, 0.25) is 5.02 Å². The Morgan fingerprint density at radius 3 is 2.71 bits per heavy atom. The van der Waals surface area contributed by atoms with Crippen molar-refractivity contribution in [2.24, 2.45) is 7.05 Å². The zero-order valence-corrected chi connectivity index (χ0v) is 13.6. The van der Waals surface area contributed by atoms with Crippen LogP contribution in [0.3, 0.4) is 0 Å². The molecule has 0 fully saturated rings. The highest BCUT2D eigenvalue weighted by molar-refractivity contribution is 6.31. The number of rotatable bonds is 5. The molecule has 0 saturated heterocycles. The molecule has 1 aromatic carbocycles. The van der Waals surface area contributed by atoms with E-state index >= 15 is 0 Å². The molecule has 0 bridgehead atoms. The van der Waals surface area contributed by atoms with Gasteiger partial charge in [-0.05, 0) is 31.0 Å². The van der Waals surface area contributed by atoms with Crippen molar-refractivity contribution in [3.63, 3.8) is 0 Å². The zero-order valence-electron chi connectivity index (χ0n) is 12.9. The number of halogens is 1. The molecule has 0 amide bonds. The number of nitrogens with zero attached hydrogens (tertiary/aromatic N) is 2. The van der Waals surface area contributed by atoms with E-state index < -0.39 is 5.60 Å². The number of aliphatic hydroxyl groups is 1. The van der Waals surface area contributed by atoms with Crippen molar-refractivity contribution in [1.29, 1.82) is 0 Å². The van der Waals surface area contributed by atoms with Crippen molar-refractivity contribution in [2.45, 2.75) is 32.3 Å². The minimum absolute atomic E-state index is 0.391.